The van der Waals surface area contributed by atoms with Crippen LogP contribution in [-0.2, 0) is 4.74 Å². The molecule has 11 heteroatoms. The fourth-order valence-electron chi connectivity index (χ4n) is 4.26. The van der Waals surface area contributed by atoms with E-state index < -0.39 is 11.4 Å². The largest absolute Gasteiger partial charge is 0.444 e. The van der Waals surface area contributed by atoms with E-state index in [1.165, 1.54) is 17.4 Å². The van der Waals surface area contributed by atoms with Gasteiger partial charge in [-0.2, -0.15) is 0 Å². The monoisotopic (exact) mass is 510 g/mol. The van der Waals surface area contributed by atoms with Crippen LogP contribution >= 0.6 is 11.3 Å². The summed E-state index contributed by atoms with van der Waals surface area (Å²) in [4.78, 5) is 41.4. The molecule has 1 fully saturated rings. The number of nitrogens with zero attached hydrogens (tertiary/aromatic N) is 5. The second-order valence-electron chi connectivity index (χ2n) is 9.98. The number of carbonyl (C=O) groups excluding carboxylic acids is 2. The minimum Gasteiger partial charge on any atom is -0.444 e. The summed E-state index contributed by atoms with van der Waals surface area (Å²) >= 11 is 1.24. The fourth-order valence-corrected chi connectivity index (χ4v) is 5.15. The van der Waals surface area contributed by atoms with Gasteiger partial charge >= 0.3 is 6.09 Å². The van der Waals surface area contributed by atoms with Crippen LogP contribution in [0.2, 0.25) is 0 Å². The number of carbonyl (C=O) groups is 2. The van der Waals surface area contributed by atoms with Crippen molar-refractivity contribution in [1.29, 1.82) is 0 Å². The maximum atomic E-state index is 14.4. The first kappa shape index (κ1) is 24.1. The van der Waals surface area contributed by atoms with Crippen molar-refractivity contribution < 1.29 is 18.7 Å². The number of ether oxygens (including phenoxy) is 1. The van der Waals surface area contributed by atoms with E-state index >= 15 is 0 Å². The van der Waals surface area contributed by atoms with E-state index in [1.54, 1.807) is 40.9 Å². The molecule has 0 bridgehead atoms. The van der Waals surface area contributed by atoms with E-state index in [-0.39, 0.29) is 23.6 Å². The summed E-state index contributed by atoms with van der Waals surface area (Å²) in [6, 6.07) is 2.94. The van der Waals surface area contributed by atoms with E-state index in [1.807, 2.05) is 20.8 Å². The van der Waals surface area contributed by atoms with Crippen molar-refractivity contribution in [3.8, 4) is 0 Å². The smallest absolute Gasteiger partial charge is 0.410 e. The lowest BCUT2D eigenvalue weighted by Gasteiger charge is -2.33. The number of rotatable bonds is 3. The van der Waals surface area contributed by atoms with Crippen LogP contribution in [0.4, 0.5) is 14.9 Å². The summed E-state index contributed by atoms with van der Waals surface area (Å²) < 4.78 is 21.4. The Kier molecular flexibility index (Phi) is 6.11. The van der Waals surface area contributed by atoms with Crippen LogP contribution in [0, 0.1) is 12.7 Å². The van der Waals surface area contributed by atoms with Crippen LogP contribution in [-0.4, -0.2) is 54.9 Å². The highest BCUT2D eigenvalue weighted by atomic mass is 32.1. The zero-order valence-corrected chi connectivity index (χ0v) is 21.4. The Morgan fingerprint density at radius 1 is 1.17 bits per heavy atom. The van der Waals surface area contributed by atoms with Crippen LogP contribution < -0.4 is 5.32 Å². The van der Waals surface area contributed by atoms with Gasteiger partial charge in [0.15, 0.2) is 11.5 Å². The molecular formula is C25H27FN6O3S. The number of imidazole rings is 1. The first-order valence-electron chi connectivity index (χ1n) is 11.8. The van der Waals surface area contributed by atoms with Gasteiger partial charge in [0.05, 0.1) is 22.0 Å². The molecule has 0 atom stereocenters. The molecule has 0 saturated carbocycles. The lowest BCUT2D eigenvalue weighted by molar-refractivity contribution is 0.0204. The molecule has 188 valence electrons. The molecule has 9 nitrogen and oxygen atoms in total. The van der Waals surface area contributed by atoms with Crippen LogP contribution in [0.1, 0.15) is 60.6 Å². The van der Waals surface area contributed by atoms with Gasteiger partial charge in [-0.1, -0.05) is 0 Å². The van der Waals surface area contributed by atoms with Crippen LogP contribution in [0.25, 0.3) is 16.0 Å². The summed E-state index contributed by atoms with van der Waals surface area (Å²) in [6.07, 6.45) is 6.30. The molecule has 5 rings (SSSR count). The topological polar surface area (TPSA) is 102 Å². The van der Waals surface area contributed by atoms with Crippen LogP contribution in [0.3, 0.4) is 0 Å². The average Bonchev–Trinajstić information content (AvgIpc) is 3.41. The Hall–Kier alpha value is -3.60. The molecule has 4 aromatic rings. The Labute approximate surface area is 211 Å². The Morgan fingerprint density at radius 2 is 1.92 bits per heavy atom. The minimum absolute atomic E-state index is 0.174. The third kappa shape index (κ3) is 5.01. The van der Waals surface area contributed by atoms with Crippen molar-refractivity contribution in [3.05, 3.63) is 52.8 Å². The number of amides is 2. The highest BCUT2D eigenvalue weighted by Gasteiger charge is 2.28. The number of aromatic nitrogens is 4. The molecule has 1 N–H and O–H groups in total. The second-order valence-corrected chi connectivity index (χ2v) is 11.0. The van der Waals surface area contributed by atoms with Crippen molar-refractivity contribution in [2.75, 3.05) is 18.4 Å². The summed E-state index contributed by atoms with van der Waals surface area (Å²) in [5.41, 5.74) is 2.19. The van der Waals surface area contributed by atoms with Crippen molar-refractivity contribution in [3.63, 3.8) is 0 Å². The number of likely N-dealkylation sites (tertiary alicyclic amines) is 1. The van der Waals surface area contributed by atoms with E-state index in [0.29, 0.717) is 39.7 Å². The lowest BCUT2D eigenvalue weighted by atomic mass is 9.94. The zero-order valence-electron chi connectivity index (χ0n) is 20.5. The minimum atomic E-state index is -0.521. The fraction of sp³-hybridized carbons (Fsp3) is 0.400. The number of nitrogens with one attached hydrogen (secondary N) is 1. The molecule has 0 unspecified atom stereocenters. The molecular weight excluding hydrogens is 483 g/mol. The number of anilines is 1. The first-order chi connectivity index (χ1) is 17.1. The number of hydrogen-bond acceptors (Lipinski definition) is 7. The molecule has 1 aliphatic rings. The van der Waals surface area contributed by atoms with Crippen LogP contribution in [0.15, 0.2) is 30.7 Å². The summed E-state index contributed by atoms with van der Waals surface area (Å²) in [5.74, 6) is -0.696. The van der Waals surface area contributed by atoms with Gasteiger partial charge < -0.3 is 19.4 Å². The molecule has 0 aromatic carbocycles. The summed E-state index contributed by atoms with van der Waals surface area (Å²) in [7, 11) is 0. The molecule has 2 amide bonds. The van der Waals surface area contributed by atoms with E-state index in [4.69, 9.17) is 9.72 Å². The number of thiophene rings is 1. The van der Waals surface area contributed by atoms with E-state index in [9.17, 15) is 14.0 Å². The van der Waals surface area contributed by atoms with Crippen molar-refractivity contribution in [2.45, 2.75) is 52.1 Å². The normalized spacial score (nSPS) is 15.0. The Bertz CT molecular complexity index is 1470. The highest BCUT2D eigenvalue weighted by Crippen LogP contribution is 2.30. The molecule has 36 heavy (non-hydrogen) atoms. The summed E-state index contributed by atoms with van der Waals surface area (Å²) in [6.45, 7) is 8.53. The lowest BCUT2D eigenvalue weighted by Crippen LogP contribution is -2.41. The number of piperidine rings is 1. The highest BCUT2D eigenvalue weighted by molar-refractivity contribution is 7.20. The number of fused-ring (bicyclic) bond motifs is 2. The van der Waals surface area contributed by atoms with Crippen molar-refractivity contribution >= 4 is 45.0 Å². The van der Waals surface area contributed by atoms with Crippen LogP contribution in [0.5, 0.6) is 0 Å². The van der Waals surface area contributed by atoms with Gasteiger partial charge in [-0.15, -0.1) is 11.3 Å². The number of hydrogen-bond donors (Lipinski definition) is 1. The standard InChI is InChI=1S/C25H27FN6O3S/c1-14-12-32-13-16(9-17(26)21(32)28-14)29-22(33)20-10-18-23(36-20)30-19(11-27-18)15-5-7-31(8-6-15)24(34)35-25(2,3)4/h9-13,15H,5-8H2,1-4H3,(H,29,33). The quantitative estimate of drug-likeness (QED) is 0.409. The molecule has 0 spiro atoms. The molecule has 1 saturated heterocycles. The van der Waals surface area contributed by atoms with Gasteiger partial charge in [0, 0.05) is 43.7 Å². The SMILES string of the molecule is Cc1cn2cc(NC(=O)c3cc4ncc(C5CCN(C(=O)OC(C)(C)C)CC5)nc4s3)cc(F)c2n1. The molecule has 1 aliphatic heterocycles. The third-order valence-electron chi connectivity index (χ3n) is 5.93. The van der Waals surface area contributed by atoms with Gasteiger partial charge in [0.2, 0.25) is 0 Å². The number of halogens is 1. The second kappa shape index (κ2) is 9.12. The molecule has 0 radical (unpaired) electrons. The number of pyridine rings is 1. The van der Waals surface area contributed by atoms with Gasteiger partial charge in [0.25, 0.3) is 5.91 Å². The van der Waals surface area contributed by atoms with Gasteiger partial charge in [-0.25, -0.2) is 19.2 Å². The molecule has 5 heterocycles. The zero-order chi connectivity index (χ0) is 25.6. The van der Waals surface area contributed by atoms with Gasteiger partial charge in [-0.05, 0) is 46.6 Å². The maximum absolute atomic E-state index is 14.4. The Balaban J connectivity index is 1.27. The van der Waals surface area contributed by atoms with E-state index in [2.05, 4.69) is 15.3 Å². The maximum Gasteiger partial charge on any atom is 0.410 e. The van der Waals surface area contributed by atoms with Crippen molar-refractivity contribution in [2.24, 2.45) is 0 Å². The van der Waals surface area contributed by atoms with Crippen molar-refractivity contribution in [1.82, 2.24) is 24.3 Å². The van der Waals surface area contributed by atoms with E-state index in [0.717, 1.165) is 18.5 Å². The predicted octanol–water partition coefficient (Wildman–Crippen LogP) is 5.15. The Morgan fingerprint density at radius 3 is 2.64 bits per heavy atom. The average molecular weight is 511 g/mol. The van der Waals surface area contributed by atoms with Gasteiger partial charge in [0.1, 0.15) is 15.9 Å². The molecule has 0 aliphatic carbocycles. The molecule has 4 aromatic heterocycles. The number of aryl methyl sites for hydroxylation is 1. The third-order valence-corrected chi connectivity index (χ3v) is 6.95. The van der Waals surface area contributed by atoms with Gasteiger partial charge in [-0.3, -0.25) is 9.78 Å². The summed E-state index contributed by atoms with van der Waals surface area (Å²) in [5, 5.41) is 2.75. The predicted molar refractivity (Wildman–Crippen MR) is 135 cm³/mol. The first-order valence-corrected chi connectivity index (χ1v) is 12.6.